The Morgan fingerprint density at radius 1 is 0.800 bits per heavy atom. The number of carbonyl (C=O) groups is 4. The van der Waals surface area contributed by atoms with Crippen molar-refractivity contribution in [1.29, 1.82) is 0 Å². The first-order chi connectivity index (χ1) is 16.7. The van der Waals surface area contributed by atoms with Crippen LogP contribution in [0.3, 0.4) is 0 Å². The van der Waals surface area contributed by atoms with Gasteiger partial charge in [0.25, 0.3) is 0 Å². The number of carboxylic acids is 1. The second kappa shape index (κ2) is 16.6. The number of rotatable bonds is 17. The highest BCUT2D eigenvalue weighted by atomic mass is 16.4. The van der Waals surface area contributed by atoms with Crippen molar-refractivity contribution in [3.63, 3.8) is 0 Å². The van der Waals surface area contributed by atoms with Crippen LogP contribution in [0.5, 0.6) is 0 Å². The molecule has 0 radical (unpaired) electrons. The van der Waals surface area contributed by atoms with Gasteiger partial charge in [-0.15, -0.1) is 0 Å². The Bertz CT molecular complexity index is 807. The molecule has 11 heteroatoms. The fourth-order valence-electron chi connectivity index (χ4n) is 3.40. The molecular weight excluding hydrogens is 452 g/mol. The third kappa shape index (κ3) is 11.8. The van der Waals surface area contributed by atoms with Gasteiger partial charge in [0.1, 0.15) is 18.1 Å². The maximum atomic E-state index is 13.0. The average Bonchev–Trinajstić information content (AvgIpc) is 2.83. The van der Waals surface area contributed by atoms with Crippen LogP contribution < -0.4 is 33.2 Å². The van der Waals surface area contributed by atoms with E-state index in [1.165, 1.54) is 6.92 Å². The standard InChI is InChI=1S/C24H40N6O5/c1-16(28-22(32)18(27)11-5-7-13-25)21(31)30-20(15-17-9-3-2-4-10-17)23(33)29-19(24(34)35)12-6-8-14-26/h2-4,9-10,16,18-20H,5-8,11-15,25-27H2,1H3,(H,28,32)(H,29,33)(H,30,31)(H,34,35)/t16-,18-,19-,20-/m0/s1. The van der Waals surface area contributed by atoms with Crippen LogP contribution in [0, 0.1) is 0 Å². The van der Waals surface area contributed by atoms with Gasteiger partial charge in [-0.1, -0.05) is 36.8 Å². The van der Waals surface area contributed by atoms with Crippen molar-refractivity contribution in [3.05, 3.63) is 35.9 Å². The van der Waals surface area contributed by atoms with E-state index in [0.717, 1.165) is 12.0 Å². The topological polar surface area (TPSA) is 203 Å². The van der Waals surface area contributed by atoms with Gasteiger partial charge in [0.05, 0.1) is 6.04 Å². The Hall–Kier alpha value is -3.02. The largest absolute Gasteiger partial charge is 0.480 e. The molecule has 1 aromatic rings. The summed E-state index contributed by atoms with van der Waals surface area (Å²) in [6.07, 6.45) is 3.42. The quantitative estimate of drug-likeness (QED) is 0.139. The van der Waals surface area contributed by atoms with Crippen molar-refractivity contribution in [2.24, 2.45) is 17.2 Å². The van der Waals surface area contributed by atoms with Crippen LogP contribution in [0.15, 0.2) is 30.3 Å². The molecule has 10 N–H and O–H groups in total. The summed E-state index contributed by atoms with van der Waals surface area (Å²) in [7, 11) is 0. The highest BCUT2D eigenvalue weighted by molar-refractivity contribution is 5.94. The summed E-state index contributed by atoms with van der Waals surface area (Å²) in [5, 5.41) is 17.2. The van der Waals surface area contributed by atoms with Gasteiger partial charge in [-0.05, 0) is 57.7 Å². The number of benzene rings is 1. The Balaban J connectivity index is 2.85. The molecule has 0 saturated heterocycles. The van der Waals surface area contributed by atoms with Crippen molar-refractivity contribution in [1.82, 2.24) is 16.0 Å². The van der Waals surface area contributed by atoms with Crippen molar-refractivity contribution in [2.45, 2.75) is 76.0 Å². The smallest absolute Gasteiger partial charge is 0.326 e. The molecule has 4 atom stereocenters. The van der Waals surface area contributed by atoms with E-state index < -0.39 is 47.9 Å². The number of unbranched alkanes of at least 4 members (excludes halogenated alkanes) is 2. The molecule has 0 saturated carbocycles. The molecule has 0 fully saturated rings. The number of amides is 3. The zero-order valence-electron chi connectivity index (χ0n) is 20.4. The zero-order valence-corrected chi connectivity index (χ0v) is 20.4. The molecule has 0 spiro atoms. The van der Waals surface area contributed by atoms with E-state index in [9.17, 15) is 24.3 Å². The van der Waals surface area contributed by atoms with Crippen LogP contribution in [0.25, 0.3) is 0 Å². The third-order valence-electron chi connectivity index (χ3n) is 5.54. The molecule has 3 amide bonds. The van der Waals surface area contributed by atoms with Gasteiger partial charge in [-0.3, -0.25) is 14.4 Å². The lowest BCUT2D eigenvalue weighted by Gasteiger charge is -2.24. The highest BCUT2D eigenvalue weighted by Crippen LogP contribution is 2.07. The number of nitrogens with two attached hydrogens (primary N) is 3. The Morgan fingerprint density at radius 3 is 1.94 bits per heavy atom. The Kier molecular flexibility index (Phi) is 14.2. The molecule has 0 heterocycles. The molecule has 1 aromatic carbocycles. The molecule has 1 rings (SSSR count). The lowest BCUT2D eigenvalue weighted by molar-refractivity contribution is -0.142. The number of aliphatic carboxylic acids is 1. The zero-order chi connectivity index (χ0) is 26.2. The molecule has 196 valence electrons. The van der Waals surface area contributed by atoms with Gasteiger partial charge < -0.3 is 38.3 Å². The van der Waals surface area contributed by atoms with Gasteiger partial charge in [-0.2, -0.15) is 0 Å². The number of hydrogen-bond donors (Lipinski definition) is 7. The molecule has 0 aliphatic heterocycles. The minimum atomic E-state index is -1.16. The van der Waals surface area contributed by atoms with Gasteiger partial charge in [-0.25, -0.2) is 4.79 Å². The second-order valence-electron chi connectivity index (χ2n) is 8.56. The number of hydrogen-bond acceptors (Lipinski definition) is 7. The fraction of sp³-hybridized carbons (Fsp3) is 0.583. The minimum Gasteiger partial charge on any atom is -0.480 e. The van der Waals surface area contributed by atoms with E-state index in [1.54, 1.807) is 24.3 Å². The van der Waals surface area contributed by atoms with Crippen LogP contribution in [0.1, 0.15) is 51.0 Å². The third-order valence-corrected chi connectivity index (χ3v) is 5.54. The molecule has 11 nitrogen and oxygen atoms in total. The normalized spacial score (nSPS) is 14.3. The summed E-state index contributed by atoms with van der Waals surface area (Å²) in [6, 6.07) is 5.15. The SMILES string of the molecule is C[C@H](NC(=O)[C@@H](N)CCCCN)C(=O)N[C@@H](Cc1ccccc1)C(=O)N[C@@H](CCCCN)C(=O)O. The summed E-state index contributed by atoms with van der Waals surface area (Å²) in [4.78, 5) is 49.7. The van der Waals surface area contributed by atoms with Gasteiger partial charge in [0.15, 0.2) is 0 Å². The second-order valence-corrected chi connectivity index (χ2v) is 8.56. The Morgan fingerprint density at radius 2 is 1.37 bits per heavy atom. The number of nitrogens with one attached hydrogen (secondary N) is 3. The summed E-state index contributed by atoms with van der Waals surface area (Å²) in [5.74, 6) is -2.85. The van der Waals surface area contributed by atoms with Crippen molar-refractivity contribution in [3.8, 4) is 0 Å². The Labute approximate surface area is 206 Å². The summed E-state index contributed by atoms with van der Waals surface area (Å²) in [6.45, 7) is 2.42. The molecular formula is C24H40N6O5. The van der Waals surface area contributed by atoms with E-state index in [-0.39, 0.29) is 12.8 Å². The summed E-state index contributed by atoms with van der Waals surface area (Å²) in [5.41, 5.74) is 17.6. The maximum Gasteiger partial charge on any atom is 0.326 e. The molecule has 0 unspecified atom stereocenters. The van der Waals surface area contributed by atoms with Crippen LogP contribution in [-0.2, 0) is 25.6 Å². The van der Waals surface area contributed by atoms with Crippen LogP contribution in [0.4, 0.5) is 0 Å². The summed E-state index contributed by atoms with van der Waals surface area (Å²) < 4.78 is 0. The lowest BCUT2D eigenvalue weighted by atomic mass is 10.0. The number of carbonyl (C=O) groups excluding carboxylic acids is 3. The van der Waals surface area contributed by atoms with Crippen molar-refractivity contribution >= 4 is 23.7 Å². The monoisotopic (exact) mass is 492 g/mol. The summed E-state index contributed by atoms with van der Waals surface area (Å²) >= 11 is 0. The highest BCUT2D eigenvalue weighted by Gasteiger charge is 2.28. The predicted octanol–water partition coefficient (Wildman–Crippen LogP) is -0.627. The molecule has 35 heavy (non-hydrogen) atoms. The van der Waals surface area contributed by atoms with Gasteiger partial charge in [0.2, 0.25) is 17.7 Å². The molecule has 0 aromatic heterocycles. The van der Waals surface area contributed by atoms with E-state index in [1.807, 2.05) is 6.07 Å². The molecule has 0 aliphatic carbocycles. The van der Waals surface area contributed by atoms with Crippen LogP contribution in [0.2, 0.25) is 0 Å². The van der Waals surface area contributed by atoms with E-state index in [0.29, 0.717) is 38.8 Å². The van der Waals surface area contributed by atoms with Crippen molar-refractivity contribution < 1.29 is 24.3 Å². The molecule has 0 bridgehead atoms. The first kappa shape index (κ1) is 30.0. The minimum absolute atomic E-state index is 0.146. The fourth-order valence-corrected chi connectivity index (χ4v) is 3.40. The van der Waals surface area contributed by atoms with Gasteiger partial charge in [0, 0.05) is 6.42 Å². The van der Waals surface area contributed by atoms with Crippen LogP contribution in [-0.4, -0.2) is 66.1 Å². The van der Waals surface area contributed by atoms with E-state index in [4.69, 9.17) is 17.2 Å². The van der Waals surface area contributed by atoms with E-state index in [2.05, 4.69) is 16.0 Å². The molecule has 0 aliphatic rings. The average molecular weight is 493 g/mol. The van der Waals surface area contributed by atoms with Gasteiger partial charge >= 0.3 is 5.97 Å². The van der Waals surface area contributed by atoms with E-state index >= 15 is 0 Å². The predicted molar refractivity (Wildman–Crippen MR) is 133 cm³/mol. The first-order valence-electron chi connectivity index (χ1n) is 12.0. The lowest BCUT2D eigenvalue weighted by Crippen LogP contribution is -2.56. The van der Waals surface area contributed by atoms with Crippen LogP contribution >= 0.6 is 0 Å². The van der Waals surface area contributed by atoms with Crippen molar-refractivity contribution in [2.75, 3.05) is 13.1 Å². The number of carboxylic acid groups (broad SMARTS) is 1. The maximum absolute atomic E-state index is 13.0. The first-order valence-corrected chi connectivity index (χ1v) is 12.0.